The van der Waals surface area contributed by atoms with E-state index in [-0.39, 0.29) is 24.5 Å². The molecule has 10 heteroatoms. The van der Waals surface area contributed by atoms with Crippen molar-refractivity contribution in [3.05, 3.63) is 35.5 Å². The van der Waals surface area contributed by atoms with E-state index >= 15 is 0 Å². The van der Waals surface area contributed by atoms with Gasteiger partial charge in [0.25, 0.3) is 5.91 Å². The van der Waals surface area contributed by atoms with Gasteiger partial charge in [-0.2, -0.15) is 4.98 Å². The molecule has 1 aromatic heterocycles. The summed E-state index contributed by atoms with van der Waals surface area (Å²) in [5.41, 5.74) is 9.51. The second-order valence-corrected chi connectivity index (χ2v) is 10.2. The fourth-order valence-electron chi connectivity index (χ4n) is 5.34. The SMILES string of the molecule is CC#CCn1c(N2CCC[C@@H](N)C2)nc2c1C(=O)N(C/C(C)=N/c1ccccc1C(C)=N)C1=N[C@@H](C)CN12. The summed E-state index contributed by atoms with van der Waals surface area (Å²) in [5, 5.41) is 8.09. The van der Waals surface area contributed by atoms with Gasteiger partial charge in [-0.15, -0.1) is 5.92 Å². The van der Waals surface area contributed by atoms with Crippen molar-refractivity contribution in [1.29, 1.82) is 5.41 Å². The number of amides is 1. The standard InChI is InChI=1S/C28H35N9O/c1-5-6-14-35-24-25(33-27(35)34-13-9-10-21(30)17-34)36-15-19(3)32-28(36)37(26(24)38)16-18(2)31-23-12-8-7-11-22(23)20(4)29/h7-8,11-12,19,21,29H,9-10,13-17,30H2,1-4H3/b29-20?,31-18+/t19-,21+/m0/s1. The average Bonchev–Trinajstić information content (AvgIpc) is 3.46. The Morgan fingerprint density at radius 2 is 2.05 bits per heavy atom. The van der Waals surface area contributed by atoms with Crippen molar-refractivity contribution in [2.24, 2.45) is 15.7 Å². The maximum absolute atomic E-state index is 14.2. The number of anilines is 2. The highest BCUT2D eigenvalue weighted by atomic mass is 16.2. The van der Waals surface area contributed by atoms with E-state index in [1.54, 1.807) is 18.7 Å². The molecule has 0 spiro atoms. The number of para-hydroxylation sites is 1. The molecule has 0 aliphatic carbocycles. The van der Waals surface area contributed by atoms with Crippen LogP contribution in [-0.4, -0.2) is 76.0 Å². The summed E-state index contributed by atoms with van der Waals surface area (Å²) in [6, 6.07) is 7.68. The number of imidazole rings is 1. The molecule has 0 unspecified atom stereocenters. The van der Waals surface area contributed by atoms with Gasteiger partial charge in [-0.1, -0.05) is 24.1 Å². The van der Waals surface area contributed by atoms with E-state index in [0.717, 1.165) is 36.6 Å². The van der Waals surface area contributed by atoms with Crippen LogP contribution in [0.2, 0.25) is 0 Å². The van der Waals surface area contributed by atoms with Gasteiger partial charge in [0.05, 0.1) is 24.8 Å². The Bertz CT molecular complexity index is 1390. The van der Waals surface area contributed by atoms with Crippen LogP contribution in [0.5, 0.6) is 0 Å². The van der Waals surface area contributed by atoms with Crippen LogP contribution < -0.4 is 15.5 Å². The largest absolute Gasteiger partial charge is 0.341 e. The first-order valence-corrected chi connectivity index (χ1v) is 13.1. The summed E-state index contributed by atoms with van der Waals surface area (Å²) < 4.78 is 1.94. The Morgan fingerprint density at radius 3 is 2.79 bits per heavy atom. The number of rotatable bonds is 6. The predicted molar refractivity (Wildman–Crippen MR) is 152 cm³/mol. The molecule has 1 amide bonds. The topological polar surface area (TPSA) is 119 Å². The van der Waals surface area contributed by atoms with E-state index in [0.29, 0.717) is 48.5 Å². The van der Waals surface area contributed by atoms with Gasteiger partial charge < -0.3 is 16.0 Å². The molecule has 1 saturated heterocycles. The minimum absolute atomic E-state index is 0.0252. The molecule has 0 radical (unpaired) electrons. The van der Waals surface area contributed by atoms with Crippen LogP contribution in [-0.2, 0) is 6.54 Å². The fourth-order valence-corrected chi connectivity index (χ4v) is 5.34. The molecule has 4 heterocycles. The minimum atomic E-state index is -0.159. The number of aromatic nitrogens is 2. The molecule has 0 saturated carbocycles. The number of nitrogens with zero attached hydrogens (tertiary/aromatic N) is 7. The number of piperidine rings is 1. The van der Waals surface area contributed by atoms with Gasteiger partial charge in [0.15, 0.2) is 11.5 Å². The number of nitrogens with one attached hydrogen (secondary N) is 1. The second-order valence-electron chi connectivity index (χ2n) is 10.2. The molecule has 5 rings (SSSR count). The maximum Gasteiger partial charge on any atom is 0.281 e. The molecule has 1 fully saturated rings. The summed E-state index contributed by atoms with van der Waals surface area (Å²) >= 11 is 0. The molecule has 198 valence electrons. The lowest BCUT2D eigenvalue weighted by molar-refractivity contribution is 0.0846. The van der Waals surface area contributed by atoms with E-state index in [2.05, 4.69) is 16.7 Å². The van der Waals surface area contributed by atoms with Crippen molar-refractivity contribution in [2.75, 3.05) is 36.0 Å². The number of fused-ring (bicyclic) bond motifs is 3. The molecule has 3 aliphatic heterocycles. The van der Waals surface area contributed by atoms with Crippen molar-refractivity contribution < 1.29 is 4.79 Å². The van der Waals surface area contributed by atoms with E-state index in [1.807, 2.05) is 47.6 Å². The molecular formula is C28H35N9O. The monoisotopic (exact) mass is 513 g/mol. The Balaban J connectivity index is 1.56. The van der Waals surface area contributed by atoms with Gasteiger partial charge in [0.1, 0.15) is 0 Å². The van der Waals surface area contributed by atoms with Crippen LogP contribution in [0.15, 0.2) is 34.3 Å². The zero-order chi connectivity index (χ0) is 27.0. The molecule has 0 bridgehead atoms. The normalized spacial score (nSPS) is 21.1. The lowest BCUT2D eigenvalue weighted by atomic mass is 10.1. The smallest absolute Gasteiger partial charge is 0.281 e. The third-order valence-corrected chi connectivity index (χ3v) is 7.06. The number of hydrogen-bond acceptors (Lipinski definition) is 8. The second kappa shape index (κ2) is 10.4. The van der Waals surface area contributed by atoms with Crippen molar-refractivity contribution in [3.8, 4) is 11.8 Å². The number of guanidine groups is 1. The number of carbonyl (C=O) groups excluding carboxylic acids is 1. The highest BCUT2D eigenvalue weighted by Crippen LogP contribution is 2.36. The van der Waals surface area contributed by atoms with E-state index < -0.39 is 0 Å². The highest BCUT2D eigenvalue weighted by molar-refractivity contribution is 6.19. The first-order chi connectivity index (χ1) is 18.3. The molecule has 2 aromatic rings. The lowest BCUT2D eigenvalue weighted by Crippen LogP contribution is -2.52. The van der Waals surface area contributed by atoms with Crippen molar-refractivity contribution in [1.82, 2.24) is 14.5 Å². The lowest BCUT2D eigenvalue weighted by Gasteiger charge is -2.33. The Hall–Kier alpha value is -3.97. The molecule has 1 aromatic carbocycles. The molecule has 38 heavy (non-hydrogen) atoms. The highest BCUT2D eigenvalue weighted by Gasteiger charge is 2.44. The van der Waals surface area contributed by atoms with Crippen LogP contribution in [0.25, 0.3) is 0 Å². The van der Waals surface area contributed by atoms with Gasteiger partial charge >= 0.3 is 0 Å². The molecule has 3 N–H and O–H groups in total. The summed E-state index contributed by atoms with van der Waals surface area (Å²) in [4.78, 5) is 34.7. The predicted octanol–water partition coefficient (Wildman–Crippen LogP) is 3.03. The Kier molecular flexibility index (Phi) is 7.04. The van der Waals surface area contributed by atoms with Crippen LogP contribution >= 0.6 is 0 Å². The van der Waals surface area contributed by atoms with Crippen molar-refractivity contribution >= 4 is 40.7 Å². The van der Waals surface area contributed by atoms with Gasteiger partial charge in [-0.25, -0.2) is 4.99 Å². The van der Waals surface area contributed by atoms with Gasteiger partial charge in [-0.05, 0) is 46.6 Å². The molecule has 2 atom stereocenters. The zero-order valence-corrected chi connectivity index (χ0v) is 22.5. The quantitative estimate of drug-likeness (QED) is 0.455. The summed E-state index contributed by atoms with van der Waals surface area (Å²) in [5.74, 6) is 7.93. The van der Waals surface area contributed by atoms with Gasteiger partial charge in [0, 0.05) is 42.7 Å². The third kappa shape index (κ3) is 4.70. The third-order valence-electron chi connectivity index (χ3n) is 7.06. The fraction of sp³-hybridized carbons (Fsp3) is 0.464. The number of benzene rings is 1. The van der Waals surface area contributed by atoms with Gasteiger partial charge in [0.2, 0.25) is 11.9 Å². The maximum atomic E-state index is 14.2. The van der Waals surface area contributed by atoms with Crippen molar-refractivity contribution in [3.63, 3.8) is 0 Å². The average molecular weight is 514 g/mol. The van der Waals surface area contributed by atoms with E-state index in [1.165, 1.54) is 0 Å². The van der Waals surface area contributed by atoms with Crippen molar-refractivity contribution in [2.45, 2.75) is 59.2 Å². The number of carbonyl (C=O) groups is 1. The van der Waals surface area contributed by atoms with Crippen LogP contribution in [0, 0.1) is 17.3 Å². The zero-order valence-electron chi connectivity index (χ0n) is 22.5. The van der Waals surface area contributed by atoms with Crippen LogP contribution in [0.4, 0.5) is 17.5 Å². The number of nitrogens with two attached hydrogens (primary N) is 1. The first-order valence-electron chi connectivity index (χ1n) is 13.1. The van der Waals surface area contributed by atoms with E-state index in [9.17, 15) is 4.79 Å². The Morgan fingerprint density at radius 1 is 1.26 bits per heavy atom. The number of aliphatic imine (C=N–C) groups is 2. The minimum Gasteiger partial charge on any atom is -0.341 e. The molecule has 3 aliphatic rings. The first kappa shape index (κ1) is 25.7. The number of hydrogen-bond donors (Lipinski definition) is 2. The Labute approximate surface area is 223 Å². The molecule has 10 nitrogen and oxygen atoms in total. The molecular weight excluding hydrogens is 478 g/mol. The van der Waals surface area contributed by atoms with Crippen LogP contribution in [0.1, 0.15) is 56.6 Å². The van der Waals surface area contributed by atoms with Gasteiger partial charge in [-0.3, -0.25) is 24.2 Å². The summed E-state index contributed by atoms with van der Waals surface area (Å²) in [6.45, 7) is 10.3. The van der Waals surface area contributed by atoms with Crippen LogP contribution in [0.3, 0.4) is 0 Å². The summed E-state index contributed by atoms with van der Waals surface area (Å²) in [7, 11) is 0. The summed E-state index contributed by atoms with van der Waals surface area (Å²) in [6.07, 6.45) is 1.97. The van der Waals surface area contributed by atoms with E-state index in [4.69, 9.17) is 26.1 Å².